The molecule has 0 atom stereocenters. The molecule has 106 valence electrons. The second-order valence-corrected chi connectivity index (χ2v) is 6.20. The summed E-state index contributed by atoms with van der Waals surface area (Å²) in [5, 5.41) is 10.6. The molecule has 0 saturated carbocycles. The fourth-order valence-corrected chi connectivity index (χ4v) is 3.61. The minimum atomic E-state index is -0.902. The molecule has 1 N–H and O–H groups in total. The third-order valence-electron chi connectivity index (χ3n) is 2.78. The van der Waals surface area contributed by atoms with E-state index in [-0.39, 0.29) is 0 Å². The van der Waals surface area contributed by atoms with Crippen LogP contribution >= 0.6 is 23.1 Å². The maximum Gasteiger partial charge on any atom is 0.328 e. The highest BCUT2D eigenvalue weighted by atomic mass is 32.2. The van der Waals surface area contributed by atoms with E-state index in [0.29, 0.717) is 0 Å². The van der Waals surface area contributed by atoms with Crippen molar-refractivity contribution in [1.82, 2.24) is 4.90 Å². The minimum absolute atomic E-state index is 0.902. The Kier molecular flexibility index (Phi) is 7.86. The number of hydrogen-bond acceptors (Lipinski definition) is 4. The zero-order chi connectivity index (χ0) is 14.1. The Morgan fingerprint density at radius 3 is 2.84 bits per heavy atom. The number of aliphatic carboxylic acids is 1. The first-order valence-corrected chi connectivity index (χ1v) is 8.47. The van der Waals surface area contributed by atoms with Gasteiger partial charge in [0, 0.05) is 29.0 Å². The first-order chi connectivity index (χ1) is 9.15. The Hall–Kier alpha value is -0.780. The normalized spacial score (nSPS) is 11.5. The first-order valence-electron chi connectivity index (χ1n) is 6.44. The van der Waals surface area contributed by atoms with Gasteiger partial charge in [-0.1, -0.05) is 13.8 Å². The van der Waals surface area contributed by atoms with E-state index in [1.165, 1.54) is 11.0 Å². The zero-order valence-electron chi connectivity index (χ0n) is 11.5. The van der Waals surface area contributed by atoms with Gasteiger partial charge in [-0.2, -0.15) is 11.8 Å². The molecular formula is C14H21NO2S2. The molecule has 0 unspecified atom stereocenters. The van der Waals surface area contributed by atoms with E-state index >= 15 is 0 Å². The summed E-state index contributed by atoms with van der Waals surface area (Å²) in [5.74, 6) is 1.24. The van der Waals surface area contributed by atoms with E-state index in [4.69, 9.17) is 5.11 Å². The maximum absolute atomic E-state index is 10.4. The molecular weight excluding hydrogens is 278 g/mol. The van der Waals surface area contributed by atoms with Crippen LogP contribution in [0.1, 0.15) is 24.3 Å². The molecule has 0 saturated heterocycles. The third-order valence-corrected chi connectivity index (χ3v) is 4.91. The van der Waals surface area contributed by atoms with E-state index in [1.807, 2.05) is 17.1 Å². The molecule has 1 aromatic heterocycles. The standard InChI is InChI=1S/C14H21NO2S2/c1-3-15(4-2)7-8-18-11-13-9-12(10-19-13)5-6-14(16)17/h5-6,9-10H,3-4,7-8,11H2,1-2H3,(H,16,17). The minimum Gasteiger partial charge on any atom is -0.478 e. The monoisotopic (exact) mass is 299 g/mol. The van der Waals surface area contributed by atoms with Crippen molar-refractivity contribution in [2.45, 2.75) is 19.6 Å². The molecule has 0 fully saturated rings. The lowest BCUT2D eigenvalue weighted by Gasteiger charge is -2.17. The molecule has 0 aliphatic heterocycles. The van der Waals surface area contributed by atoms with Crippen molar-refractivity contribution in [3.8, 4) is 0 Å². The van der Waals surface area contributed by atoms with Crippen molar-refractivity contribution < 1.29 is 9.90 Å². The van der Waals surface area contributed by atoms with Crippen LogP contribution in [0.15, 0.2) is 17.5 Å². The Bertz CT molecular complexity index is 411. The highest BCUT2D eigenvalue weighted by molar-refractivity contribution is 7.98. The fraction of sp³-hybridized carbons (Fsp3) is 0.500. The van der Waals surface area contributed by atoms with E-state index in [1.54, 1.807) is 17.4 Å². The molecule has 19 heavy (non-hydrogen) atoms. The van der Waals surface area contributed by atoms with Crippen molar-refractivity contribution in [2.75, 3.05) is 25.4 Å². The quantitative estimate of drug-likeness (QED) is 0.560. The van der Waals surface area contributed by atoms with Crippen LogP contribution in [0, 0.1) is 0 Å². The summed E-state index contributed by atoms with van der Waals surface area (Å²) in [6.07, 6.45) is 2.82. The smallest absolute Gasteiger partial charge is 0.328 e. The van der Waals surface area contributed by atoms with Gasteiger partial charge in [0.05, 0.1) is 0 Å². The summed E-state index contributed by atoms with van der Waals surface area (Å²) < 4.78 is 0. The number of hydrogen-bond donors (Lipinski definition) is 1. The van der Waals surface area contributed by atoms with E-state index in [0.717, 1.165) is 36.7 Å². The summed E-state index contributed by atoms with van der Waals surface area (Å²) >= 11 is 3.62. The van der Waals surface area contributed by atoms with Gasteiger partial charge in [-0.05, 0) is 36.2 Å². The topological polar surface area (TPSA) is 40.5 Å². The second-order valence-electron chi connectivity index (χ2n) is 4.10. The summed E-state index contributed by atoms with van der Waals surface area (Å²) in [6.45, 7) is 7.73. The van der Waals surface area contributed by atoms with E-state index < -0.39 is 5.97 Å². The molecule has 0 radical (unpaired) electrons. The van der Waals surface area contributed by atoms with E-state index in [9.17, 15) is 4.79 Å². The number of rotatable bonds is 9. The van der Waals surface area contributed by atoms with Gasteiger partial charge in [-0.3, -0.25) is 0 Å². The summed E-state index contributed by atoms with van der Waals surface area (Å²) in [7, 11) is 0. The Morgan fingerprint density at radius 1 is 1.47 bits per heavy atom. The SMILES string of the molecule is CCN(CC)CCSCc1cc(C=CC(=O)O)cs1. The fourth-order valence-electron chi connectivity index (χ4n) is 1.63. The molecule has 0 bridgehead atoms. The number of thioether (sulfide) groups is 1. The highest BCUT2D eigenvalue weighted by Crippen LogP contribution is 2.21. The van der Waals surface area contributed by atoms with Crippen LogP contribution < -0.4 is 0 Å². The zero-order valence-corrected chi connectivity index (χ0v) is 13.1. The van der Waals surface area contributed by atoms with Gasteiger partial charge in [-0.15, -0.1) is 11.3 Å². The Morgan fingerprint density at radius 2 is 2.21 bits per heavy atom. The molecule has 0 aromatic carbocycles. The van der Waals surface area contributed by atoms with Crippen LogP contribution in [0.4, 0.5) is 0 Å². The molecule has 1 rings (SSSR count). The molecule has 3 nitrogen and oxygen atoms in total. The molecule has 5 heteroatoms. The van der Waals surface area contributed by atoms with Crippen molar-refractivity contribution in [2.24, 2.45) is 0 Å². The lowest BCUT2D eigenvalue weighted by atomic mass is 10.3. The Labute approximate surface area is 123 Å². The first kappa shape index (κ1) is 16.3. The Balaban J connectivity index is 2.28. The van der Waals surface area contributed by atoms with Gasteiger partial charge in [0.2, 0.25) is 0 Å². The largest absolute Gasteiger partial charge is 0.478 e. The van der Waals surface area contributed by atoms with Crippen molar-refractivity contribution >= 4 is 35.1 Å². The molecule has 1 aromatic rings. The summed E-state index contributed by atoms with van der Waals surface area (Å²) in [4.78, 5) is 14.1. The lowest BCUT2D eigenvalue weighted by molar-refractivity contribution is -0.131. The average Bonchev–Trinajstić information content (AvgIpc) is 2.84. The van der Waals surface area contributed by atoms with Crippen LogP contribution in [0.25, 0.3) is 6.08 Å². The van der Waals surface area contributed by atoms with Crippen LogP contribution in [-0.2, 0) is 10.5 Å². The van der Waals surface area contributed by atoms with Crippen LogP contribution in [0.3, 0.4) is 0 Å². The predicted molar refractivity (Wildman–Crippen MR) is 84.9 cm³/mol. The van der Waals surface area contributed by atoms with Gasteiger partial charge in [-0.25, -0.2) is 4.79 Å². The van der Waals surface area contributed by atoms with Gasteiger partial charge in [0.1, 0.15) is 0 Å². The highest BCUT2D eigenvalue weighted by Gasteiger charge is 2.01. The van der Waals surface area contributed by atoms with Gasteiger partial charge >= 0.3 is 5.97 Å². The average molecular weight is 299 g/mol. The van der Waals surface area contributed by atoms with Crippen molar-refractivity contribution in [3.63, 3.8) is 0 Å². The van der Waals surface area contributed by atoms with Gasteiger partial charge in [0.15, 0.2) is 0 Å². The van der Waals surface area contributed by atoms with Crippen LogP contribution in [0.5, 0.6) is 0 Å². The molecule has 0 aliphatic carbocycles. The molecule has 1 heterocycles. The number of nitrogens with zero attached hydrogens (tertiary/aromatic N) is 1. The summed E-state index contributed by atoms with van der Waals surface area (Å²) in [5.41, 5.74) is 0.978. The number of carbonyl (C=O) groups is 1. The third kappa shape index (κ3) is 6.80. The van der Waals surface area contributed by atoms with Crippen LogP contribution in [-0.4, -0.2) is 41.4 Å². The number of carboxylic acids is 1. The van der Waals surface area contributed by atoms with Gasteiger partial charge < -0.3 is 10.0 Å². The van der Waals surface area contributed by atoms with Gasteiger partial charge in [0.25, 0.3) is 0 Å². The predicted octanol–water partition coefficient (Wildman–Crippen LogP) is 3.42. The second kappa shape index (κ2) is 9.18. The molecule has 0 spiro atoms. The van der Waals surface area contributed by atoms with Crippen molar-refractivity contribution in [1.29, 1.82) is 0 Å². The number of thiophene rings is 1. The maximum atomic E-state index is 10.4. The molecule has 0 aliphatic rings. The van der Waals surface area contributed by atoms with Crippen molar-refractivity contribution in [3.05, 3.63) is 28.0 Å². The summed E-state index contributed by atoms with van der Waals surface area (Å²) in [6, 6.07) is 2.06. The van der Waals surface area contributed by atoms with E-state index in [2.05, 4.69) is 24.8 Å². The lowest BCUT2D eigenvalue weighted by Crippen LogP contribution is -2.25. The van der Waals surface area contributed by atoms with Crippen LogP contribution in [0.2, 0.25) is 0 Å². The number of carboxylic acid groups (broad SMARTS) is 1. The molecule has 0 amide bonds.